The van der Waals surface area contributed by atoms with Gasteiger partial charge in [0.15, 0.2) is 0 Å². The Labute approximate surface area is 139 Å². The number of urea groups is 1. The Morgan fingerprint density at radius 3 is 2.74 bits per heavy atom. The van der Waals surface area contributed by atoms with Crippen molar-refractivity contribution in [1.82, 2.24) is 10.2 Å². The van der Waals surface area contributed by atoms with Gasteiger partial charge in [-0.15, -0.1) is 0 Å². The van der Waals surface area contributed by atoms with Crippen LogP contribution in [-0.4, -0.2) is 55.4 Å². The lowest BCUT2D eigenvalue weighted by molar-refractivity contribution is 0.195. The SMILES string of the molecule is CCN(CCNC(=O)N1C[C@@H](CO)[C@H](C)C1)c1ccccc1C. The molecule has 5 nitrogen and oxygen atoms in total. The van der Waals surface area contributed by atoms with Gasteiger partial charge in [-0.1, -0.05) is 25.1 Å². The lowest BCUT2D eigenvalue weighted by atomic mass is 10.00. The summed E-state index contributed by atoms with van der Waals surface area (Å²) in [5.74, 6) is 0.574. The van der Waals surface area contributed by atoms with Gasteiger partial charge >= 0.3 is 6.03 Å². The first-order valence-corrected chi connectivity index (χ1v) is 8.51. The summed E-state index contributed by atoms with van der Waals surface area (Å²) in [6.45, 7) is 10.2. The fourth-order valence-electron chi connectivity index (χ4n) is 3.21. The molecule has 0 spiro atoms. The van der Waals surface area contributed by atoms with Crippen molar-refractivity contribution >= 4 is 11.7 Å². The van der Waals surface area contributed by atoms with Gasteiger partial charge in [-0.3, -0.25) is 0 Å². The molecule has 0 saturated carbocycles. The molecule has 0 bridgehead atoms. The van der Waals surface area contributed by atoms with E-state index in [0.717, 1.165) is 19.6 Å². The van der Waals surface area contributed by atoms with Gasteiger partial charge in [-0.25, -0.2) is 4.79 Å². The molecule has 1 fully saturated rings. The second kappa shape index (κ2) is 8.20. The van der Waals surface area contributed by atoms with Crippen molar-refractivity contribution in [1.29, 1.82) is 0 Å². The molecule has 5 heteroatoms. The molecule has 0 unspecified atom stereocenters. The predicted molar refractivity (Wildman–Crippen MR) is 93.8 cm³/mol. The van der Waals surface area contributed by atoms with Gasteiger partial charge in [-0.05, 0) is 31.4 Å². The van der Waals surface area contributed by atoms with Crippen molar-refractivity contribution in [3.63, 3.8) is 0 Å². The van der Waals surface area contributed by atoms with Crippen LogP contribution >= 0.6 is 0 Å². The molecule has 0 aromatic heterocycles. The molecule has 2 amide bonds. The molecule has 2 atom stereocenters. The highest BCUT2D eigenvalue weighted by atomic mass is 16.3. The maximum Gasteiger partial charge on any atom is 0.317 e. The highest BCUT2D eigenvalue weighted by molar-refractivity contribution is 5.74. The van der Waals surface area contributed by atoms with Gasteiger partial charge in [0, 0.05) is 50.9 Å². The van der Waals surface area contributed by atoms with Crippen molar-refractivity contribution in [2.75, 3.05) is 44.2 Å². The standard InChI is InChI=1S/C18H29N3O2/c1-4-20(17-8-6-5-7-14(17)2)10-9-19-18(23)21-11-15(3)16(12-21)13-22/h5-8,15-16,22H,4,9-13H2,1-3H3,(H,19,23)/t15-,16+/m1/s1. The lowest BCUT2D eigenvalue weighted by Gasteiger charge is -2.26. The predicted octanol–water partition coefficient (Wildman–Crippen LogP) is 2.09. The first kappa shape index (κ1) is 17.6. The van der Waals surface area contributed by atoms with Gasteiger partial charge < -0.3 is 20.2 Å². The van der Waals surface area contributed by atoms with Crippen LogP contribution in [0, 0.1) is 18.8 Å². The van der Waals surface area contributed by atoms with Crippen LogP contribution in [0.1, 0.15) is 19.4 Å². The van der Waals surface area contributed by atoms with E-state index in [0.29, 0.717) is 19.0 Å². The Morgan fingerprint density at radius 1 is 1.39 bits per heavy atom. The van der Waals surface area contributed by atoms with Crippen LogP contribution in [-0.2, 0) is 0 Å². The summed E-state index contributed by atoms with van der Waals surface area (Å²) in [7, 11) is 0. The Morgan fingerprint density at radius 2 is 2.13 bits per heavy atom. The summed E-state index contributed by atoms with van der Waals surface area (Å²) in [5.41, 5.74) is 2.47. The first-order chi connectivity index (χ1) is 11.1. The van der Waals surface area contributed by atoms with Gasteiger partial charge in [0.1, 0.15) is 0 Å². The number of likely N-dealkylation sites (N-methyl/N-ethyl adjacent to an activating group) is 1. The number of rotatable bonds is 6. The number of nitrogens with one attached hydrogen (secondary N) is 1. The number of hydrogen-bond acceptors (Lipinski definition) is 3. The van der Waals surface area contributed by atoms with Crippen LogP contribution in [0.25, 0.3) is 0 Å². The van der Waals surface area contributed by atoms with Crippen LogP contribution < -0.4 is 10.2 Å². The van der Waals surface area contributed by atoms with Crippen LogP contribution in [0.3, 0.4) is 0 Å². The third-order valence-electron chi connectivity index (χ3n) is 4.79. The second-order valence-electron chi connectivity index (χ2n) is 6.42. The number of nitrogens with zero attached hydrogens (tertiary/aromatic N) is 2. The molecule has 1 aromatic carbocycles. The number of aliphatic hydroxyl groups excluding tert-OH is 1. The number of amides is 2. The van der Waals surface area contributed by atoms with E-state index in [4.69, 9.17) is 0 Å². The number of likely N-dealkylation sites (tertiary alicyclic amines) is 1. The van der Waals surface area contributed by atoms with E-state index in [1.165, 1.54) is 11.3 Å². The summed E-state index contributed by atoms with van der Waals surface area (Å²) in [6.07, 6.45) is 0. The molecule has 1 heterocycles. The fourth-order valence-corrected chi connectivity index (χ4v) is 3.21. The molecular formula is C18H29N3O2. The number of benzene rings is 1. The summed E-state index contributed by atoms with van der Waals surface area (Å²) >= 11 is 0. The molecule has 1 aliphatic heterocycles. The number of aliphatic hydroxyl groups is 1. The summed E-state index contributed by atoms with van der Waals surface area (Å²) in [4.78, 5) is 16.3. The Kier molecular flexibility index (Phi) is 6.28. The number of hydrogen-bond donors (Lipinski definition) is 2. The minimum Gasteiger partial charge on any atom is -0.396 e. The monoisotopic (exact) mass is 319 g/mol. The maximum atomic E-state index is 12.2. The minimum absolute atomic E-state index is 0.0198. The van der Waals surface area contributed by atoms with E-state index < -0.39 is 0 Å². The molecule has 1 saturated heterocycles. The maximum absolute atomic E-state index is 12.2. The van der Waals surface area contributed by atoms with Crippen LogP contribution in [0.2, 0.25) is 0 Å². The van der Waals surface area contributed by atoms with Crippen molar-refractivity contribution in [2.45, 2.75) is 20.8 Å². The quantitative estimate of drug-likeness (QED) is 0.844. The van der Waals surface area contributed by atoms with Gasteiger partial charge in [0.05, 0.1) is 0 Å². The molecule has 23 heavy (non-hydrogen) atoms. The number of aryl methyl sites for hydroxylation is 1. The Balaban J connectivity index is 1.82. The first-order valence-electron chi connectivity index (χ1n) is 8.51. The molecule has 0 radical (unpaired) electrons. The average molecular weight is 319 g/mol. The van der Waals surface area contributed by atoms with E-state index in [1.807, 2.05) is 17.0 Å². The number of anilines is 1. The number of carbonyl (C=O) groups is 1. The summed E-state index contributed by atoms with van der Waals surface area (Å²) in [5, 5.41) is 12.3. The minimum atomic E-state index is -0.0198. The van der Waals surface area contributed by atoms with Crippen molar-refractivity contribution in [3.05, 3.63) is 29.8 Å². The van der Waals surface area contributed by atoms with E-state index in [9.17, 15) is 9.90 Å². The smallest absolute Gasteiger partial charge is 0.317 e. The Hall–Kier alpha value is -1.75. The molecular weight excluding hydrogens is 290 g/mol. The van der Waals surface area contributed by atoms with Crippen LogP contribution in [0.15, 0.2) is 24.3 Å². The molecule has 2 rings (SSSR count). The van der Waals surface area contributed by atoms with Crippen LogP contribution in [0.4, 0.5) is 10.5 Å². The second-order valence-corrected chi connectivity index (χ2v) is 6.42. The normalized spacial score (nSPS) is 20.6. The van der Waals surface area contributed by atoms with E-state index in [1.54, 1.807) is 0 Å². The third kappa shape index (κ3) is 4.38. The largest absolute Gasteiger partial charge is 0.396 e. The molecule has 1 aliphatic rings. The van der Waals surface area contributed by atoms with E-state index in [2.05, 4.69) is 43.1 Å². The summed E-state index contributed by atoms with van der Waals surface area (Å²) in [6, 6.07) is 8.30. The van der Waals surface area contributed by atoms with Gasteiger partial charge in [-0.2, -0.15) is 0 Å². The zero-order valence-corrected chi connectivity index (χ0v) is 14.5. The highest BCUT2D eigenvalue weighted by Crippen LogP contribution is 2.22. The molecule has 128 valence electrons. The molecule has 1 aromatic rings. The Bertz CT molecular complexity index is 521. The van der Waals surface area contributed by atoms with E-state index in [-0.39, 0.29) is 18.6 Å². The van der Waals surface area contributed by atoms with E-state index >= 15 is 0 Å². The molecule has 0 aliphatic carbocycles. The van der Waals surface area contributed by atoms with Crippen molar-refractivity contribution in [2.24, 2.45) is 11.8 Å². The van der Waals surface area contributed by atoms with Crippen LogP contribution in [0.5, 0.6) is 0 Å². The average Bonchev–Trinajstić information content (AvgIpc) is 2.93. The highest BCUT2D eigenvalue weighted by Gasteiger charge is 2.31. The van der Waals surface area contributed by atoms with Crippen molar-refractivity contribution in [3.8, 4) is 0 Å². The zero-order valence-electron chi connectivity index (χ0n) is 14.5. The molecule has 2 N–H and O–H groups in total. The van der Waals surface area contributed by atoms with Crippen molar-refractivity contribution < 1.29 is 9.90 Å². The summed E-state index contributed by atoms with van der Waals surface area (Å²) < 4.78 is 0. The van der Waals surface area contributed by atoms with Gasteiger partial charge in [0.25, 0.3) is 0 Å². The zero-order chi connectivity index (χ0) is 16.8. The third-order valence-corrected chi connectivity index (χ3v) is 4.79. The van der Waals surface area contributed by atoms with Gasteiger partial charge in [0.2, 0.25) is 0 Å². The number of para-hydroxylation sites is 1. The number of carbonyl (C=O) groups excluding carboxylic acids is 1. The fraction of sp³-hybridized carbons (Fsp3) is 0.611. The topological polar surface area (TPSA) is 55.8 Å². The lowest BCUT2D eigenvalue weighted by Crippen LogP contribution is -2.42.